The number of nitrogens with zero attached hydrogens (tertiary/aromatic N) is 3. The van der Waals surface area contributed by atoms with E-state index in [1.807, 2.05) is 72.8 Å². The summed E-state index contributed by atoms with van der Waals surface area (Å²) < 4.78 is 1.75. The van der Waals surface area contributed by atoms with Crippen molar-refractivity contribution in [1.82, 2.24) is 9.38 Å². The second kappa shape index (κ2) is 9.12. The summed E-state index contributed by atoms with van der Waals surface area (Å²) in [4.78, 5) is 19.6. The second-order valence-corrected chi connectivity index (χ2v) is 10.7. The molecule has 0 fully saturated rings. The zero-order valence-electron chi connectivity index (χ0n) is 22.8. The maximum Gasteiger partial charge on any atom is 0.264 e. The molecule has 0 bridgehead atoms. The average Bonchev–Trinajstić information content (AvgIpc) is 3.44. The van der Waals surface area contributed by atoms with Crippen molar-refractivity contribution in [2.24, 2.45) is 0 Å². The first-order valence-corrected chi connectivity index (χ1v) is 13.9. The standard InChI is InChI=1S/C38H23N3O/c1-23-10-8-9-15-28(23)29-18-19-31-35-30(17-16-26(22-39)34(29)35)37-40-36-32(25-13-6-3-7-14-25)20-27(24-11-4-2-5-12-24)21-33(36)41(37)38(31)42/h2-21H,1H3. The molecule has 196 valence electrons. The molecule has 0 saturated heterocycles. The molecule has 4 nitrogen and oxygen atoms in total. The monoisotopic (exact) mass is 537 g/mol. The Morgan fingerprint density at radius 3 is 2.07 bits per heavy atom. The topological polar surface area (TPSA) is 58.2 Å². The first kappa shape index (κ1) is 24.0. The third kappa shape index (κ3) is 3.41. The summed E-state index contributed by atoms with van der Waals surface area (Å²) in [6.07, 6.45) is 0. The lowest BCUT2D eigenvalue weighted by molar-refractivity contribution is 1.19. The molecule has 0 N–H and O–H groups in total. The molecule has 2 aromatic heterocycles. The van der Waals surface area contributed by atoms with Crippen LogP contribution in [0.2, 0.25) is 0 Å². The first-order chi connectivity index (χ1) is 20.6. The van der Waals surface area contributed by atoms with Gasteiger partial charge in [0.1, 0.15) is 5.65 Å². The fourth-order valence-corrected chi connectivity index (χ4v) is 6.37. The highest BCUT2D eigenvalue weighted by atomic mass is 16.1. The van der Waals surface area contributed by atoms with E-state index in [4.69, 9.17) is 4.98 Å². The lowest BCUT2D eigenvalue weighted by Gasteiger charge is -2.14. The van der Waals surface area contributed by atoms with Crippen molar-refractivity contribution in [3.05, 3.63) is 143 Å². The van der Waals surface area contributed by atoms with Crippen LogP contribution in [-0.2, 0) is 0 Å². The average molecular weight is 538 g/mol. The molecule has 0 saturated carbocycles. The highest BCUT2D eigenvalue weighted by molar-refractivity contribution is 6.21. The third-order valence-electron chi connectivity index (χ3n) is 8.34. The lowest BCUT2D eigenvalue weighted by Crippen LogP contribution is -2.13. The quantitative estimate of drug-likeness (QED) is 0.226. The van der Waals surface area contributed by atoms with Crippen molar-refractivity contribution < 1.29 is 0 Å². The van der Waals surface area contributed by atoms with E-state index >= 15 is 0 Å². The first-order valence-electron chi connectivity index (χ1n) is 13.9. The van der Waals surface area contributed by atoms with Crippen molar-refractivity contribution in [3.63, 3.8) is 0 Å². The molecule has 0 radical (unpaired) electrons. The van der Waals surface area contributed by atoms with Gasteiger partial charge in [-0.05, 0) is 70.6 Å². The number of aromatic nitrogens is 2. The van der Waals surface area contributed by atoms with Crippen molar-refractivity contribution in [2.45, 2.75) is 6.92 Å². The van der Waals surface area contributed by atoms with Gasteiger partial charge < -0.3 is 0 Å². The molecule has 4 heteroatoms. The smallest absolute Gasteiger partial charge is 0.264 e. The molecule has 0 unspecified atom stereocenters. The Kier molecular flexibility index (Phi) is 5.22. The zero-order chi connectivity index (χ0) is 28.4. The van der Waals surface area contributed by atoms with Crippen LogP contribution in [0.5, 0.6) is 0 Å². The summed E-state index contributed by atoms with van der Waals surface area (Å²) in [5, 5.41) is 13.2. The molecule has 0 aliphatic rings. The summed E-state index contributed by atoms with van der Waals surface area (Å²) >= 11 is 0. The van der Waals surface area contributed by atoms with Gasteiger partial charge in [0.25, 0.3) is 5.56 Å². The maximum absolute atomic E-state index is 14.4. The Hall–Kier alpha value is -5.79. The Bertz CT molecular complexity index is 2440. The largest absolute Gasteiger partial charge is 0.268 e. The van der Waals surface area contributed by atoms with Gasteiger partial charge in [0.2, 0.25) is 0 Å². The Balaban J connectivity index is 1.56. The summed E-state index contributed by atoms with van der Waals surface area (Å²) in [5.41, 5.74) is 9.73. The van der Waals surface area contributed by atoms with Crippen LogP contribution in [0.15, 0.2) is 126 Å². The van der Waals surface area contributed by atoms with Gasteiger partial charge in [-0.1, -0.05) is 91.0 Å². The summed E-state index contributed by atoms with van der Waals surface area (Å²) in [6, 6.07) is 42.8. The molecular weight excluding hydrogens is 514 g/mol. The van der Waals surface area contributed by atoms with Gasteiger partial charge >= 0.3 is 0 Å². The number of aryl methyl sites for hydroxylation is 1. The Labute approximate surface area is 241 Å². The molecule has 8 aromatic rings. The molecule has 0 atom stereocenters. The normalized spacial score (nSPS) is 11.5. The van der Waals surface area contributed by atoms with Gasteiger partial charge in [0.05, 0.1) is 22.7 Å². The van der Waals surface area contributed by atoms with E-state index in [9.17, 15) is 10.1 Å². The van der Waals surface area contributed by atoms with Crippen LogP contribution in [0, 0.1) is 18.3 Å². The highest BCUT2D eigenvalue weighted by Crippen LogP contribution is 2.40. The van der Waals surface area contributed by atoms with E-state index < -0.39 is 0 Å². The van der Waals surface area contributed by atoms with Crippen molar-refractivity contribution in [1.29, 1.82) is 5.26 Å². The number of rotatable bonds is 3. The predicted octanol–water partition coefficient (Wildman–Crippen LogP) is 8.77. The minimum absolute atomic E-state index is 0.138. The van der Waals surface area contributed by atoms with E-state index in [2.05, 4.69) is 61.5 Å². The van der Waals surface area contributed by atoms with E-state index in [0.29, 0.717) is 16.6 Å². The molecule has 6 aromatic carbocycles. The number of hydrogen-bond donors (Lipinski definition) is 0. The number of nitriles is 1. The van der Waals surface area contributed by atoms with Crippen LogP contribution in [0.4, 0.5) is 0 Å². The number of fused-ring (bicyclic) bond motifs is 4. The van der Waals surface area contributed by atoms with Crippen molar-refractivity contribution in [2.75, 3.05) is 0 Å². The van der Waals surface area contributed by atoms with E-state index in [0.717, 1.165) is 66.1 Å². The summed E-state index contributed by atoms with van der Waals surface area (Å²) in [6.45, 7) is 2.07. The van der Waals surface area contributed by atoms with Crippen molar-refractivity contribution in [3.8, 4) is 39.4 Å². The maximum atomic E-state index is 14.4. The molecule has 0 aliphatic heterocycles. The van der Waals surface area contributed by atoms with E-state index in [1.165, 1.54) is 0 Å². The van der Waals surface area contributed by atoms with Gasteiger partial charge in [0.15, 0.2) is 0 Å². The van der Waals surface area contributed by atoms with Crippen LogP contribution in [0.3, 0.4) is 0 Å². The molecule has 0 spiro atoms. The van der Waals surface area contributed by atoms with Crippen LogP contribution in [-0.4, -0.2) is 9.38 Å². The highest BCUT2D eigenvalue weighted by Gasteiger charge is 2.22. The second-order valence-electron chi connectivity index (χ2n) is 10.7. The lowest BCUT2D eigenvalue weighted by atomic mass is 9.89. The number of benzene rings is 6. The Morgan fingerprint density at radius 2 is 1.33 bits per heavy atom. The number of hydrogen-bond acceptors (Lipinski definition) is 3. The zero-order valence-corrected chi connectivity index (χ0v) is 22.8. The van der Waals surface area contributed by atoms with Gasteiger partial charge in [-0.15, -0.1) is 0 Å². The molecule has 0 aliphatic carbocycles. The number of imidazole rings is 1. The predicted molar refractivity (Wildman–Crippen MR) is 171 cm³/mol. The fourth-order valence-electron chi connectivity index (χ4n) is 6.37. The minimum Gasteiger partial charge on any atom is -0.268 e. The van der Waals surface area contributed by atoms with Crippen LogP contribution in [0.25, 0.3) is 71.6 Å². The van der Waals surface area contributed by atoms with Crippen LogP contribution >= 0.6 is 0 Å². The van der Waals surface area contributed by atoms with Gasteiger partial charge in [0, 0.05) is 27.1 Å². The van der Waals surface area contributed by atoms with Crippen LogP contribution < -0.4 is 5.56 Å². The molecular formula is C38H23N3O. The number of pyridine rings is 1. The molecule has 2 heterocycles. The summed E-state index contributed by atoms with van der Waals surface area (Å²) in [7, 11) is 0. The van der Waals surface area contributed by atoms with Gasteiger partial charge in [-0.25, -0.2) is 4.98 Å². The minimum atomic E-state index is -0.138. The summed E-state index contributed by atoms with van der Waals surface area (Å²) in [5.74, 6) is 0. The van der Waals surface area contributed by atoms with E-state index in [-0.39, 0.29) is 5.56 Å². The molecule has 8 rings (SSSR count). The SMILES string of the molecule is Cc1ccccc1-c1ccc2c(=O)n3c4cc(-c5ccccc5)cc(-c5ccccc5)c4nc3c3ccc(C#N)c1c23. The Morgan fingerprint density at radius 1 is 0.643 bits per heavy atom. The van der Waals surface area contributed by atoms with Gasteiger partial charge in [-0.2, -0.15) is 5.26 Å². The van der Waals surface area contributed by atoms with E-state index in [1.54, 1.807) is 4.40 Å². The van der Waals surface area contributed by atoms with Gasteiger partial charge in [-0.3, -0.25) is 9.20 Å². The fraction of sp³-hybridized carbons (Fsp3) is 0.0263. The van der Waals surface area contributed by atoms with Crippen LogP contribution in [0.1, 0.15) is 11.1 Å². The molecule has 0 amide bonds. The molecule has 42 heavy (non-hydrogen) atoms. The third-order valence-corrected chi connectivity index (χ3v) is 8.34. The van der Waals surface area contributed by atoms with Crippen molar-refractivity contribution >= 4 is 38.2 Å².